The number of aliphatic carboxylic acids is 2. The van der Waals surface area contributed by atoms with Crippen molar-refractivity contribution >= 4 is 76.5 Å². The zero-order valence-corrected chi connectivity index (χ0v) is 60.9. The Balaban J connectivity index is 0.00000162. The number of amides is 7. The Bertz CT molecular complexity index is 4310. The van der Waals surface area contributed by atoms with Crippen molar-refractivity contribution in [3.63, 3.8) is 0 Å². The van der Waals surface area contributed by atoms with Crippen molar-refractivity contribution in [2.24, 2.45) is 29.0 Å². The summed E-state index contributed by atoms with van der Waals surface area (Å²) in [6, 6.07) is -1.39. The number of primary amides is 1. The molecular formula is C71H86Cl2N10O26. The van der Waals surface area contributed by atoms with Gasteiger partial charge in [0.2, 0.25) is 53.4 Å². The molecule has 5 aromatic carbocycles. The fourth-order valence-corrected chi connectivity index (χ4v) is 13.2. The summed E-state index contributed by atoms with van der Waals surface area (Å²) in [5.41, 5.74) is 13.2. The largest absolute Gasteiger partial charge is 0.508 e. The van der Waals surface area contributed by atoms with Crippen LogP contribution in [0.5, 0.6) is 46.0 Å². The Hall–Kier alpha value is -9.77. The molecular weight excluding hydrogens is 1480 g/mol. The number of carboxylic acid groups (broad SMARTS) is 2. The van der Waals surface area contributed by atoms with Gasteiger partial charge >= 0.3 is 11.9 Å². The number of phenolic OH excluding ortho intramolecular Hbond substituents is 3. The summed E-state index contributed by atoms with van der Waals surface area (Å²) in [5, 5.41) is 139. The second-order valence-corrected chi connectivity index (χ2v) is 28.6. The average Bonchev–Trinajstić information content (AvgIpc) is 0.766. The molecule has 19 atom stereocenters. The number of phenols is 3. The number of nitrogens with one attached hydrogen (secondary N) is 7. The first-order valence-electron chi connectivity index (χ1n) is 34.2. The van der Waals surface area contributed by atoms with E-state index in [1.165, 1.54) is 33.0 Å². The van der Waals surface area contributed by atoms with Gasteiger partial charge in [0.15, 0.2) is 29.9 Å². The number of hydrogen-bond acceptors (Lipinski definition) is 27. The van der Waals surface area contributed by atoms with Gasteiger partial charge in [0.25, 0.3) is 0 Å². The molecule has 0 saturated carbocycles. The molecule has 0 aromatic heterocycles. The van der Waals surface area contributed by atoms with Crippen LogP contribution in [-0.2, 0) is 57.4 Å². The number of nitrogens with two attached hydrogens (primary N) is 3. The van der Waals surface area contributed by atoms with Crippen LogP contribution in [0, 0.1) is 11.8 Å². The molecule has 0 aliphatic carbocycles. The third-order valence-electron chi connectivity index (χ3n) is 18.8. The summed E-state index contributed by atoms with van der Waals surface area (Å²) in [6.45, 7) is 9.21. The molecule has 7 amide bonds. The van der Waals surface area contributed by atoms with Gasteiger partial charge in [-0.2, -0.15) is 0 Å². The normalized spacial score (nSPS) is 28.3. The predicted octanol–water partition coefficient (Wildman–Crippen LogP) is 0.160. The van der Waals surface area contributed by atoms with E-state index in [9.17, 15) is 79.8 Å². The number of halogens is 2. The van der Waals surface area contributed by atoms with Gasteiger partial charge in [0, 0.05) is 34.7 Å². The van der Waals surface area contributed by atoms with Crippen LogP contribution in [-0.4, -0.2) is 208 Å². The summed E-state index contributed by atoms with van der Waals surface area (Å²) in [7, 11) is 1.47. The Morgan fingerprint density at radius 2 is 1.28 bits per heavy atom. The van der Waals surface area contributed by atoms with E-state index in [2.05, 4.69) is 37.2 Å². The standard InChI is InChI=1S/C66H75Cl2N9O24.C5H11NO2/c1-23(2)12-34(71-5)58(88)76-49-51(83)26-7-10-38(32(67)14-26)97-40-16-28-17-41(55(40)101-65-56(54(86)53(85)42(22-78)99-65)100-44-21-66(4,70)57(87)24(3)96-44)98-39-11-8-27(15-33(39)68)52(84)50-63(93)75-48(64(94)95)31-18-29(79)19-37(81)45(31)30-13-25(6-9-36(30)80)46(60(90)77-50)74-61(91)47(28)73-59(89)35(20-43(69)82)72-62(49)92;1-3(2)4(6)5(7)8/h6-11,13-19,23-24,34-35,42,44,46-54,56-57,65,71,78-81,83-87H,12,20-22,70H2,1-5H3,(H2,69,82)(H,72,92)(H,73,89)(H,74,91)(H,75,93)(H,76,88)(H,77,90)(H,94,95);3-4H,6H2,1-2H3,(H,7,8)/t24-,34+,35-,42+,44-,46+,47+,48+,49+,50-,51+,52+,53+,54-,56+,57?,65-,66-;4-/m00/s1. The van der Waals surface area contributed by atoms with E-state index < -0.39 is 249 Å². The van der Waals surface area contributed by atoms with Crippen molar-refractivity contribution in [3.05, 3.63) is 117 Å². The monoisotopic (exact) mass is 1560 g/mol. The second kappa shape index (κ2) is 34.4. The lowest BCUT2D eigenvalue weighted by Gasteiger charge is -2.47. The maximum Gasteiger partial charge on any atom is 0.330 e. The fraction of sp³-hybridized carbons (Fsp3) is 0.451. The van der Waals surface area contributed by atoms with Crippen molar-refractivity contribution in [1.82, 2.24) is 37.2 Å². The highest BCUT2D eigenvalue weighted by Crippen LogP contribution is 2.50. The number of aliphatic hydroxyl groups excluding tert-OH is 6. The molecule has 24 N–H and O–H groups in total. The van der Waals surface area contributed by atoms with Gasteiger partial charge in [0.1, 0.15) is 95.5 Å². The highest BCUT2D eigenvalue weighted by molar-refractivity contribution is 6.32. The van der Waals surface area contributed by atoms with Gasteiger partial charge in [-0.1, -0.05) is 69.1 Å². The highest BCUT2D eigenvalue weighted by atomic mass is 35.5. The number of likely N-dealkylation sites (N-methyl/N-ethyl adjacent to an activating group) is 1. The third-order valence-corrected chi connectivity index (χ3v) is 19.4. The fourth-order valence-electron chi connectivity index (χ4n) is 12.8. The number of carbonyl (C=O) groups excluding carboxylic acids is 7. The van der Waals surface area contributed by atoms with Crippen molar-refractivity contribution in [3.8, 4) is 57.1 Å². The number of rotatable bonds is 15. The Kier molecular flexibility index (Phi) is 26.3. The van der Waals surface area contributed by atoms with Gasteiger partial charge in [-0.05, 0) is 116 Å². The van der Waals surface area contributed by atoms with Gasteiger partial charge in [-0.3, -0.25) is 38.4 Å². The molecule has 1 unspecified atom stereocenters. The van der Waals surface area contributed by atoms with E-state index in [1.807, 2.05) is 13.8 Å². The number of carbonyl (C=O) groups is 9. The molecule has 7 aliphatic heterocycles. The Morgan fingerprint density at radius 1 is 0.697 bits per heavy atom. The average molecular weight is 1570 g/mol. The number of benzene rings is 5. The summed E-state index contributed by atoms with van der Waals surface area (Å²) in [5.74, 6) is -16.9. The first-order chi connectivity index (χ1) is 51.2. The minimum absolute atomic E-state index is 0.0208. The van der Waals surface area contributed by atoms with Gasteiger partial charge in [-0.15, -0.1) is 0 Å². The molecule has 38 heteroatoms. The quantitative estimate of drug-likeness (QED) is 0.0664. The maximum atomic E-state index is 16.0. The number of aromatic hydroxyl groups is 3. The molecule has 12 rings (SSSR count). The molecule has 7 heterocycles. The number of hydrogen-bond donors (Lipinski definition) is 21. The number of ether oxygens (including phenoxy) is 6. The Morgan fingerprint density at radius 3 is 1.83 bits per heavy atom. The SMILES string of the molecule is CC(C)[C@H](N)C(=O)O.CN[C@H](CC(C)C)C(=O)N[C@H]1C(=O)N[C@@H](CC(N)=O)C(=O)N[C@H]2C(=O)N[C@H]3C(=O)N[C@H](C(=O)N[C@@H](C(=O)O)c4cc(O)cc(O)c4-c4cc3ccc4O)[C@H](O)c3ccc(c(Cl)c3)Oc3cc2cc(c3O[C@@H]2O[C@H](CO)[C@@H](O)[C@H](O)[C@H]2O[C@H]2C[C@](C)(N)C(O)[C@H](C)O2)Oc2ccc(cc2Cl)[C@H]1O. The molecule has 5 aromatic rings. The van der Waals surface area contributed by atoms with Crippen LogP contribution < -0.4 is 68.6 Å². The third kappa shape index (κ3) is 18.8. The minimum atomic E-state index is -2.35. The van der Waals surface area contributed by atoms with Crippen LogP contribution in [0.2, 0.25) is 10.0 Å². The van der Waals surface area contributed by atoms with Gasteiger partial charge < -0.3 is 139 Å². The van der Waals surface area contributed by atoms with Crippen LogP contribution in [0.25, 0.3) is 11.1 Å². The van der Waals surface area contributed by atoms with Crippen molar-refractivity contribution in [2.75, 3.05) is 13.7 Å². The van der Waals surface area contributed by atoms with Crippen LogP contribution >= 0.6 is 23.2 Å². The summed E-state index contributed by atoms with van der Waals surface area (Å²) in [6.07, 6.45) is -18.6. The van der Waals surface area contributed by atoms with Crippen LogP contribution in [0.4, 0.5) is 0 Å². The summed E-state index contributed by atoms with van der Waals surface area (Å²) >= 11 is 14.1. The highest BCUT2D eigenvalue weighted by Gasteiger charge is 2.52. The predicted molar refractivity (Wildman–Crippen MR) is 380 cm³/mol. The van der Waals surface area contributed by atoms with E-state index in [0.29, 0.717) is 0 Å². The van der Waals surface area contributed by atoms with Crippen LogP contribution in [0.3, 0.4) is 0 Å². The molecule has 2 saturated heterocycles. The van der Waals surface area contributed by atoms with E-state index in [4.69, 9.17) is 73.9 Å². The zero-order chi connectivity index (χ0) is 80.3. The van der Waals surface area contributed by atoms with E-state index >= 15 is 14.4 Å². The molecule has 7 aliphatic rings. The van der Waals surface area contributed by atoms with Crippen molar-refractivity contribution < 1.29 is 128 Å². The lowest BCUT2D eigenvalue weighted by Crippen LogP contribution is -2.64. The van der Waals surface area contributed by atoms with Crippen LogP contribution in [0.15, 0.2) is 78.9 Å². The second-order valence-electron chi connectivity index (χ2n) is 27.8. The first-order valence-corrected chi connectivity index (χ1v) is 34.9. The summed E-state index contributed by atoms with van der Waals surface area (Å²) < 4.78 is 38.3. The lowest BCUT2D eigenvalue weighted by molar-refractivity contribution is -0.333. The van der Waals surface area contributed by atoms with Gasteiger partial charge in [-0.25, -0.2) is 4.79 Å². The molecule has 109 heavy (non-hydrogen) atoms. The number of fused-ring (bicyclic) bond motifs is 15. The molecule has 2 fully saturated rings. The van der Waals surface area contributed by atoms with Crippen molar-refractivity contribution in [2.45, 2.75) is 176 Å². The van der Waals surface area contributed by atoms with Gasteiger partial charge in [0.05, 0.1) is 41.3 Å². The zero-order valence-electron chi connectivity index (χ0n) is 59.4. The van der Waals surface area contributed by atoms with E-state index in [1.54, 1.807) is 13.8 Å². The minimum Gasteiger partial charge on any atom is -0.508 e. The summed E-state index contributed by atoms with van der Waals surface area (Å²) in [4.78, 5) is 127. The lowest BCUT2D eigenvalue weighted by atomic mass is 9.86. The van der Waals surface area contributed by atoms with E-state index in [-0.39, 0.29) is 52.1 Å². The molecule has 590 valence electrons. The molecule has 0 spiro atoms. The first kappa shape index (κ1) is 83.3. The van der Waals surface area contributed by atoms with Crippen molar-refractivity contribution in [1.29, 1.82) is 0 Å². The number of aliphatic hydroxyl groups is 6. The Labute approximate surface area is 631 Å². The maximum absolute atomic E-state index is 16.0. The van der Waals surface area contributed by atoms with E-state index in [0.717, 1.165) is 66.7 Å². The number of carboxylic acids is 2. The molecule has 0 radical (unpaired) electrons. The molecule has 11 bridgehead atoms. The molecule has 36 nitrogen and oxygen atoms in total. The van der Waals surface area contributed by atoms with Crippen LogP contribution in [0.1, 0.15) is 119 Å². The topological polar surface area (TPSA) is 594 Å². The smallest absolute Gasteiger partial charge is 0.330 e.